The van der Waals surface area contributed by atoms with Crippen molar-refractivity contribution in [2.24, 2.45) is 0 Å². The Bertz CT molecular complexity index is 1160. The van der Waals surface area contributed by atoms with Crippen LogP contribution in [0.15, 0.2) is 62.9 Å². The maximum absolute atomic E-state index is 12.5. The molecule has 96 valence electrons. The summed E-state index contributed by atoms with van der Waals surface area (Å²) < 4.78 is 2.07. The molecule has 0 bridgehead atoms. The Morgan fingerprint density at radius 3 is 1.65 bits per heavy atom. The summed E-state index contributed by atoms with van der Waals surface area (Å²) in [6.07, 6.45) is 0. The van der Waals surface area contributed by atoms with E-state index in [2.05, 4.69) is 0 Å². The van der Waals surface area contributed by atoms with Crippen molar-refractivity contribution in [1.82, 2.24) is 9.03 Å². The number of aromatic nitrogens is 2. The standard InChI is InChI=1S/C15H8N2O3/c18-13-9-5-1-2-6-10(9)14(19)17-15(20)11-7-3-4-8-12(11)16(13)17/h1-8H. The zero-order valence-electron chi connectivity index (χ0n) is 10.2. The Kier molecular flexibility index (Phi) is 1.93. The minimum absolute atomic E-state index is 0.259. The number of benzene rings is 2. The van der Waals surface area contributed by atoms with Gasteiger partial charge < -0.3 is 0 Å². The number of hydrogen-bond donors (Lipinski definition) is 0. The summed E-state index contributed by atoms with van der Waals surface area (Å²) in [6.45, 7) is 0. The first kappa shape index (κ1) is 10.9. The highest BCUT2D eigenvalue weighted by Gasteiger charge is 2.15. The Morgan fingerprint density at radius 1 is 0.550 bits per heavy atom. The SMILES string of the molecule is O=c1c2ccccc2c(=O)n2c3ccccc3c(=O)n12. The van der Waals surface area contributed by atoms with Crippen molar-refractivity contribution in [1.29, 1.82) is 0 Å². The van der Waals surface area contributed by atoms with Gasteiger partial charge in [-0.05, 0) is 24.3 Å². The normalized spacial score (nSPS) is 11.6. The van der Waals surface area contributed by atoms with Crippen LogP contribution in [-0.4, -0.2) is 9.03 Å². The lowest BCUT2D eigenvalue weighted by atomic mass is 10.2. The van der Waals surface area contributed by atoms with Crippen LogP contribution in [0.1, 0.15) is 0 Å². The molecule has 0 radical (unpaired) electrons. The second kappa shape index (κ2) is 3.54. The predicted octanol–water partition coefficient (Wildman–Crippen LogP) is 0.864. The molecular formula is C15H8N2O3. The van der Waals surface area contributed by atoms with Gasteiger partial charge in [0.1, 0.15) is 0 Å². The first-order valence-corrected chi connectivity index (χ1v) is 6.11. The molecule has 2 heterocycles. The Balaban J connectivity index is 2.56. The lowest BCUT2D eigenvalue weighted by molar-refractivity contribution is 0.772. The largest absolute Gasteiger partial charge is 0.282 e. The van der Waals surface area contributed by atoms with Crippen LogP contribution in [0.5, 0.6) is 0 Å². The topological polar surface area (TPSA) is 60.0 Å². The maximum Gasteiger partial charge on any atom is 0.282 e. The molecule has 20 heavy (non-hydrogen) atoms. The molecule has 0 spiro atoms. The van der Waals surface area contributed by atoms with E-state index in [0.717, 1.165) is 9.03 Å². The highest BCUT2D eigenvalue weighted by Crippen LogP contribution is 2.09. The van der Waals surface area contributed by atoms with Crippen molar-refractivity contribution >= 4 is 21.7 Å². The molecule has 0 unspecified atom stereocenters. The Morgan fingerprint density at radius 2 is 1.00 bits per heavy atom. The van der Waals surface area contributed by atoms with Crippen LogP contribution in [0.4, 0.5) is 0 Å². The molecule has 2 aromatic carbocycles. The molecule has 0 aliphatic carbocycles. The van der Waals surface area contributed by atoms with E-state index in [1.165, 1.54) is 0 Å². The van der Waals surface area contributed by atoms with E-state index in [1.54, 1.807) is 48.5 Å². The molecule has 0 saturated heterocycles. The van der Waals surface area contributed by atoms with Crippen LogP contribution in [-0.2, 0) is 0 Å². The second-order valence-electron chi connectivity index (χ2n) is 4.60. The van der Waals surface area contributed by atoms with E-state index < -0.39 is 11.1 Å². The molecule has 0 aliphatic rings. The average Bonchev–Trinajstić information content (AvgIpc) is 2.79. The summed E-state index contributed by atoms with van der Waals surface area (Å²) in [5, 5.41) is 0.940. The molecule has 5 heteroatoms. The lowest BCUT2D eigenvalue weighted by Gasteiger charge is -2.00. The molecule has 4 rings (SSSR count). The van der Waals surface area contributed by atoms with Gasteiger partial charge in [0.15, 0.2) is 0 Å². The quantitative estimate of drug-likeness (QED) is 0.473. The van der Waals surface area contributed by atoms with Gasteiger partial charge in [0, 0.05) is 0 Å². The van der Waals surface area contributed by atoms with Gasteiger partial charge >= 0.3 is 0 Å². The molecule has 0 N–H and O–H groups in total. The maximum atomic E-state index is 12.5. The third kappa shape index (κ3) is 1.14. The van der Waals surface area contributed by atoms with Crippen molar-refractivity contribution in [2.75, 3.05) is 0 Å². The summed E-state index contributed by atoms with van der Waals surface area (Å²) in [5.74, 6) is 0. The summed E-state index contributed by atoms with van der Waals surface area (Å²) in [6, 6.07) is 13.2. The van der Waals surface area contributed by atoms with E-state index in [4.69, 9.17) is 0 Å². The zero-order chi connectivity index (χ0) is 13.9. The molecule has 0 fully saturated rings. The number of para-hydroxylation sites is 1. The number of nitrogens with zero attached hydrogens (tertiary/aromatic N) is 2. The van der Waals surface area contributed by atoms with Crippen molar-refractivity contribution in [3.05, 3.63) is 79.6 Å². The van der Waals surface area contributed by atoms with Gasteiger partial charge in [-0.1, -0.05) is 24.3 Å². The molecule has 2 aromatic heterocycles. The fourth-order valence-corrected chi connectivity index (χ4v) is 2.62. The van der Waals surface area contributed by atoms with E-state index in [-0.39, 0.29) is 10.9 Å². The second-order valence-corrected chi connectivity index (χ2v) is 4.60. The fourth-order valence-electron chi connectivity index (χ4n) is 2.62. The molecule has 0 aliphatic heterocycles. The van der Waals surface area contributed by atoms with Gasteiger partial charge in [-0.3, -0.25) is 14.4 Å². The van der Waals surface area contributed by atoms with Crippen LogP contribution in [0.3, 0.4) is 0 Å². The molecule has 4 aromatic rings. The number of fused-ring (bicyclic) bond motifs is 4. The lowest BCUT2D eigenvalue weighted by Crippen LogP contribution is -2.33. The number of rotatable bonds is 0. The van der Waals surface area contributed by atoms with E-state index in [0.29, 0.717) is 16.3 Å². The summed E-state index contributed by atoms with van der Waals surface area (Å²) in [5.41, 5.74) is -0.848. The van der Waals surface area contributed by atoms with Crippen LogP contribution in [0.2, 0.25) is 0 Å². The van der Waals surface area contributed by atoms with Crippen LogP contribution >= 0.6 is 0 Å². The first-order chi connectivity index (χ1) is 9.70. The molecular weight excluding hydrogens is 256 g/mol. The summed E-state index contributed by atoms with van der Waals surface area (Å²) in [4.78, 5) is 37.3. The Hall–Kier alpha value is -2.95. The molecule has 0 saturated carbocycles. The van der Waals surface area contributed by atoms with Crippen LogP contribution < -0.4 is 16.7 Å². The zero-order valence-corrected chi connectivity index (χ0v) is 10.2. The first-order valence-electron chi connectivity index (χ1n) is 6.11. The van der Waals surface area contributed by atoms with E-state index in [9.17, 15) is 14.4 Å². The van der Waals surface area contributed by atoms with Gasteiger partial charge in [-0.25, -0.2) is 4.52 Å². The van der Waals surface area contributed by atoms with Crippen molar-refractivity contribution < 1.29 is 0 Å². The van der Waals surface area contributed by atoms with Gasteiger partial charge in [0.2, 0.25) is 0 Å². The van der Waals surface area contributed by atoms with E-state index >= 15 is 0 Å². The third-order valence-corrected chi connectivity index (χ3v) is 3.53. The van der Waals surface area contributed by atoms with Crippen LogP contribution in [0, 0.1) is 0 Å². The minimum Gasteiger partial charge on any atom is -0.267 e. The highest BCUT2D eigenvalue weighted by molar-refractivity contribution is 5.84. The summed E-state index contributed by atoms with van der Waals surface area (Å²) >= 11 is 0. The third-order valence-electron chi connectivity index (χ3n) is 3.53. The fraction of sp³-hybridized carbons (Fsp3) is 0. The molecule has 0 amide bonds. The van der Waals surface area contributed by atoms with E-state index in [1.807, 2.05) is 0 Å². The highest BCUT2D eigenvalue weighted by atomic mass is 16.2. The van der Waals surface area contributed by atoms with Gasteiger partial charge in [0.25, 0.3) is 16.7 Å². The van der Waals surface area contributed by atoms with Crippen molar-refractivity contribution in [3.8, 4) is 0 Å². The molecule has 5 nitrogen and oxygen atoms in total. The monoisotopic (exact) mass is 264 g/mol. The van der Waals surface area contributed by atoms with Gasteiger partial charge in [-0.2, -0.15) is 4.52 Å². The number of hydrogen-bond acceptors (Lipinski definition) is 3. The van der Waals surface area contributed by atoms with Crippen molar-refractivity contribution in [2.45, 2.75) is 0 Å². The average molecular weight is 264 g/mol. The Labute approximate surface area is 111 Å². The van der Waals surface area contributed by atoms with Crippen LogP contribution in [0.25, 0.3) is 21.7 Å². The summed E-state index contributed by atoms with van der Waals surface area (Å²) in [7, 11) is 0. The van der Waals surface area contributed by atoms with Gasteiger partial charge in [-0.15, -0.1) is 0 Å². The van der Waals surface area contributed by atoms with Crippen molar-refractivity contribution in [3.63, 3.8) is 0 Å². The van der Waals surface area contributed by atoms with Gasteiger partial charge in [0.05, 0.1) is 21.7 Å². The predicted molar refractivity (Wildman–Crippen MR) is 75.9 cm³/mol. The molecule has 0 atom stereocenters. The minimum atomic E-state index is -0.471. The smallest absolute Gasteiger partial charge is 0.267 e.